The van der Waals surface area contributed by atoms with Gasteiger partial charge in [0.15, 0.2) is 0 Å². The largest absolute Gasteiger partial charge is 1.00 e. The fourth-order valence-electron chi connectivity index (χ4n) is 2.71. The summed E-state index contributed by atoms with van der Waals surface area (Å²) in [4.78, 5) is 0.315. The molecule has 0 saturated heterocycles. The summed E-state index contributed by atoms with van der Waals surface area (Å²) >= 11 is 0.781. The summed E-state index contributed by atoms with van der Waals surface area (Å²) in [6.07, 6.45) is 1.85. The van der Waals surface area contributed by atoms with Crippen LogP contribution in [0.2, 0.25) is 0 Å². The summed E-state index contributed by atoms with van der Waals surface area (Å²) in [5.41, 5.74) is 0.865. The molecule has 164 valence electrons. The van der Waals surface area contributed by atoms with Gasteiger partial charge in [-0.25, -0.2) is 8.42 Å². The molecule has 0 spiro atoms. The minimum absolute atomic E-state index is 0. The molecule has 0 heterocycles. The van der Waals surface area contributed by atoms with Crippen LogP contribution in [-0.2, 0) is 19.5 Å². The average molecular weight is 508 g/mol. The second kappa shape index (κ2) is 14.8. The van der Waals surface area contributed by atoms with Crippen molar-refractivity contribution in [2.24, 2.45) is 10.2 Å². The summed E-state index contributed by atoms with van der Waals surface area (Å²) in [6, 6.07) is 14.1. The first-order valence-electron chi connectivity index (χ1n) is 9.23. The Bertz CT molecular complexity index is 1180. The number of hydrogen-bond donors (Lipinski definition) is 0. The molecule has 0 fully saturated rings. The van der Waals surface area contributed by atoms with Gasteiger partial charge in [-0.05, 0) is 54.3 Å². The fourth-order valence-corrected chi connectivity index (χ4v) is 3.58. The predicted octanol–water partition coefficient (Wildman–Crippen LogP) is -1.42. The number of unbranched alkanes of at least 4 members (excludes halogenated alkanes) is 1. The Hall–Kier alpha value is -0.540. The van der Waals surface area contributed by atoms with Gasteiger partial charge in [0.2, 0.25) is 0 Å². The monoisotopic (exact) mass is 508 g/mol. The van der Waals surface area contributed by atoms with Crippen LogP contribution in [0.4, 0.5) is 11.4 Å². The van der Waals surface area contributed by atoms with E-state index >= 15 is 0 Å². The maximum Gasteiger partial charge on any atom is 1.00 e. The second-order valence-corrected chi connectivity index (χ2v) is 8.52. The van der Waals surface area contributed by atoms with Crippen LogP contribution in [0.1, 0.15) is 19.8 Å². The summed E-state index contributed by atoms with van der Waals surface area (Å²) in [6.45, 7) is 2.58. The molecule has 0 N–H and O–H groups in total. The third-order valence-electron chi connectivity index (χ3n) is 4.23. The van der Waals surface area contributed by atoms with E-state index in [9.17, 15) is 18.2 Å². The second-order valence-electron chi connectivity index (χ2n) is 6.36. The smallest absolute Gasteiger partial charge is 0.744 e. The van der Waals surface area contributed by atoms with Gasteiger partial charge in [0.1, 0.15) is 21.6 Å². The SMILES string of the molecule is CCCCOc1ccc2cc(SOO[O-])ccc2c1N=Nc1ccc(S(=O)(=O)[O-])cc1.[Na+].[Na+]. The number of hydrogen-bond acceptors (Lipinski definition) is 10. The van der Waals surface area contributed by atoms with Crippen LogP contribution >= 0.6 is 12.0 Å². The van der Waals surface area contributed by atoms with Crippen LogP contribution in [0, 0.1) is 0 Å². The summed E-state index contributed by atoms with van der Waals surface area (Å²) in [7, 11) is -4.53. The van der Waals surface area contributed by atoms with Crippen molar-refractivity contribution in [1.29, 1.82) is 0 Å². The van der Waals surface area contributed by atoms with Crippen molar-refractivity contribution in [3.05, 3.63) is 54.6 Å². The minimum Gasteiger partial charge on any atom is -0.744 e. The standard InChI is InChI=1S/C20H20N2O7S2.2Na/c1-2-3-12-27-19-11-4-14-13-16(30-29-28-23)7-10-18(14)20(19)22-21-15-5-8-17(9-6-15)31(24,25)26;;/h4-11,13,23H,2-3,12H2,1H3,(H,24,25,26);;/q;2*+1/p-2. The van der Waals surface area contributed by atoms with Gasteiger partial charge in [0.05, 0.1) is 29.2 Å². The summed E-state index contributed by atoms with van der Waals surface area (Å²) in [5, 5.41) is 23.5. The minimum atomic E-state index is -4.53. The van der Waals surface area contributed by atoms with Crippen molar-refractivity contribution >= 4 is 44.3 Å². The van der Waals surface area contributed by atoms with Crippen LogP contribution in [0.5, 0.6) is 5.75 Å². The van der Waals surface area contributed by atoms with Gasteiger partial charge in [-0.15, -0.1) is 5.11 Å². The summed E-state index contributed by atoms with van der Waals surface area (Å²) in [5.74, 6) is 0.544. The van der Waals surface area contributed by atoms with E-state index in [-0.39, 0.29) is 64.0 Å². The van der Waals surface area contributed by atoms with Gasteiger partial charge in [-0.3, -0.25) is 5.04 Å². The number of rotatable bonds is 10. The molecule has 0 radical (unpaired) electrons. The van der Waals surface area contributed by atoms with Crippen molar-refractivity contribution in [1.82, 2.24) is 0 Å². The van der Waals surface area contributed by atoms with Crippen molar-refractivity contribution in [3.8, 4) is 5.75 Å². The molecule has 0 unspecified atom stereocenters. The van der Waals surface area contributed by atoms with E-state index in [0.717, 1.165) is 35.7 Å². The van der Waals surface area contributed by atoms with Crippen LogP contribution in [-0.4, -0.2) is 19.6 Å². The normalized spacial score (nSPS) is 11.2. The molecule has 9 nitrogen and oxygen atoms in total. The first-order chi connectivity index (χ1) is 14.9. The first-order valence-corrected chi connectivity index (χ1v) is 11.4. The number of benzene rings is 3. The Morgan fingerprint density at radius 2 is 1.73 bits per heavy atom. The van der Waals surface area contributed by atoms with Crippen LogP contribution in [0.25, 0.3) is 10.8 Å². The van der Waals surface area contributed by atoms with Crippen LogP contribution < -0.4 is 69.1 Å². The zero-order valence-corrected chi connectivity index (χ0v) is 24.0. The van der Waals surface area contributed by atoms with E-state index in [1.54, 1.807) is 24.3 Å². The topological polar surface area (TPSA) is 133 Å². The van der Waals surface area contributed by atoms with E-state index in [1.165, 1.54) is 24.3 Å². The Balaban J connectivity index is 0.00000272. The third kappa shape index (κ3) is 8.88. The molecule has 13 heteroatoms. The molecule has 0 saturated carbocycles. The molecular formula is C20H18N2Na2O7S2. The van der Waals surface area contributed by atoms with Gasteiger partial charge in [0, 0.05) is 10.3 Å². The maximum absolute atomic E-state index is 11.1. The van der Waals surface area contributed by atoms with E-state index in [2.05, 4.69) is 26.5 Å². The third-order valence-corrected chi connectivity index (χ3v) is 5.65. The molecule has 0 aliphatic rings. The summed E-state index contributed by atoms with van der Waals surface area (Å²) < 4.78 is 43.4. The quantitative estimate of drug-likeness (QED) is 0.0620. The Kier molecular flexibility index (Phi) is 13.6. The fraction of sp³-hybridized carbons (Fsp3) is 0.200. The Labute approximate surface area is 240 Å². The molecule has 3 aromatic carbocycles. The zero-order valence-electron chi connectivity index (χ0n) is 18.4. The van der Waals surface area contributed by atoms with E-state index in [0.29, 0.717) is 28.6 Å². The van der Waals surface area contributed by atoms with Gasteiger partial charge >= 0.3 is 59.1 Å². The van der Waals surface area contributed by atoms with E-state index < -0.39 is 10.1 Å². The molecule has 3 rings (SSSR count). The van der Waals surface area contributed by atoms with Crippen molar-refractivity contribution in [2.45, 2.75) is 29.6 Å². The van der Waals surface area contributed by atoms with Gasteiger partial charge in [-0.2, -0.15) is 9.45 Å². The van der Waals surface area contributed by atoms with Crippen molar-refractivity contribution in [2.75, 3.05) is 6.61 Å². The van der Waals surface area contributed by atoms with Crippen LogP contribution in [0.3, 0.4) is 0 Å². The van der Waals surface area contributed by atoms with Crippen LogP contribution in [0.15, 0.2) is 74.6 Å². The first kappa shape index (κ1) is 30.5. The van der Waals surface area contributed by atoms with Gasteiger partial charge in [-0.1, -0.05) is 25.5 Å². The Morgan fingerprint density at radius 3 is 2.36 bits per heavy atom. The molecule has 0 amide bonds. The van der Waals surface area contributed by atoms with Gasteiger partial charge < -0.3 is 14.5 Å². The average Bonchev–Trinajstić information content (AvgIpc) is 2.76. The molecule has 33 heavy (non-hydrogen) atoms. The molecule has 0 atom stereocenters. The molecule has 0 aromatic heterocycles. The van der Waals surface area contributed by atoms with Gasteiger partial charge in [0.25, 0.3) is 0 Å². The molecule has 0 aliphatic carbocycles. The van der Waals surface area contributed by atoms with Crippen molar-refractivity contribution < 1.29 is 91.5 Å². The predicted molar refractivity (Wildman–Crippen MR) is 111 cm³/mol. The van der Waals surface area contributed by atoms with E-state index in [1.807, 2.05) is 6.07 Å². The maximum atomic E-state index is 11.1. The number of azo groups is 1. The number of ether oxygens (including phenoxy) is 1. The number of nitrogens with zero attached hydrogens (tertiary/aromatic N) is 2. The molecule has 3 aromatic rings. The zero-order chi connectivity index (χ0) is 22.3. The van der Waals surface area contributed by atoms with E-state index in [4.69, 9.17) is 4.74 Å². The molecular weight excluding hydrogens is 490 g/mol. The number of fused-ring (bicyclic) bond motifs is 1. The Morgan fingerprint density at radius 1 is 1.00 bits per heavy atom. The molecule has 0 aliphatic heterocycles. The van der Waals surface area contributed by atoms with Crippen molar-refractivity contribution in [3.63, 3.8) is 0 Å². The molecule has 0 bridgehead atoms.